The molecule has 1 aliphatic rings. The Morgan fingerprint density at radius 3 is 2.33 bits per heavy atom. The van der Waals surface area contributed by atoms with Crippen LogP contribution < -0.4 is 0 Å². The molecule has 0 aliphatic carbocycles. The van der Waals surface area contributed by atoms with Gasteiger partial charge in [0.2, 0.25) is 17.4 Å². The predicted octanol–water partition coefficient (Wildman–Crippen LogP) is 5.62. The Morgan fingerprint density at radius 2 is 1.75 bits per heavy atom. The zero-order valence-electron chi connectivity index (χ0n) is 21.8. The molecule has 1 heterocycles. The summed E-state index contributed by atoms with van der Waals surface area (Å²) in [4.78, 5) is 13.4. The van der Waals surface area contributed by atoms with E-state index in [0.717, 1.165) is 11.1 Å². The molecule has 0 saturated carbocycles. The lowest BCUT2D eigenvalue weighted by molar-refractivity contribution is -0.159. The van der Waals surface area contributed by atoms with E-state index < -0.39 is 40.7 Å². The minimum atomic E-state index is -3.88. The Labute approximate surface area is 215 Å². The lowest BCUT2D eigenvalue weighted by Gasteiger charge is -2.33. The zero-order valence-corrected chi connectivity index (χ0v) is 23.6. The molecule has 3 rings (SSSR count). The first-order chi connectivity index (χ1) is 16.9. The first-order valence-corrected chi connectivity index (χ1v) is 15.8. The van der Waals surface area contributed by atoms with Crippen LogP contribution in [0, 0.1) is 12.8 Å². The van der Waals surface area contributed by atoms with Crippen LogP contribution in [0.4, 0.5) is 0 Å². The number of sulfonamides is 1. The number of hydrogen-bond acceptors (Lipinski definition) is 6. The van der Waals surface area contributed by atoms with Crippen molar-refractivity contribution >= 4 is 23.4 Å². The third-order valence-electron chi connectivity index (χ3n) is 6.14. The van der Waals surface area contributed by atoms with Crippen LogP contribution in [0.5, 0.6) is 0 Å². The normalized spacial score (nSPS) is 19.5. The average molecular weight is 536 g/mol. The first kappa shape index (κ1) is 28.6. The number of rotatable bonds is 10. The van der Waals surface area contributed by atoms with Gasteiger partial charge in [-0.25, -0.2) is 8.42 Å². The molecule has 1 fully saturated rings. The second-order valence-electron chi connectivity index (χ2n) is 10.3. The van der Waals surface area contributed by atoms with E-state index in [9.17, 15) is 17.8 Å². The van der Waals surface area contributed by atoms with Crippen LogP contribution >= 0.6 is 7.37 Å². The van der Waals surface area contributed by atoms with Gasteiger partial charge in [0.05, 0.1) is 17.4 Å². The van der Waals surface area contributed by atoms with Crippen molar-refractivity contribution in [2.75, 3.05) is 19.3 Å². The lowest BCUT2D eigenvalue weighted by Crippen LogP contribution is -2.38. The quantitative estimate of drug-likeness (QED) is 0.290. The van der Waals surface area contributed by atoms with Crippen LogP contribution in [0.1, 0.15) is 51.7 Å². The summed E-state index contributed by atoms with van der Waals surface area (Å²) in [7, 11) is -7.50. The van der Waals surface area contributed by atoms with Crippen LogP contribution in [-0.2, 0) is 35.1 Å². The number of hydrogen-bond donors (Lipinski definition) is 0. The number of carbonyl (C=O) groups excluding carboxylic acids is 1. The highest BCUT2D eigenvalue weighted by molar-refractivity contribution is 7.89. The fraction of sp³-hybridized carbons (Fsp3) is 0.519. The highest BCUT2D eigenvalue weighted by Crippen LogP contribution is 2.59. The molecule has 7 nitrogen and oxygen atoms in total. The minimum Gasteiger partial charge on any atom is -0.460 e. The van der Waals surface area contributed by atoms with Gasteiger partial charge in [-0.2, -0.15) is 4.31 Å². The van der Waals surface area contributed by atoms with Crippen molar-refractivity contribution in [3.8, 4) is 0 Å². The summed E-state index contributed by atoms with van der Waals surface area (Å²) in [5, 5.41) is 0. The van der Waals surface area contributed by atoms with E-state index >= 15 is 0 Å². The van der Waals surface area contributed by atoms with Gasteiger partial charge in [0.1, 0.15) is 11.4 Å². The van der Waals surface area contributed by atoms with Crippen molar-refractivity contribution in [2.45, 2.75) is 70.2 Å². The van der Waals surface area contributed by atoms with E-state index in [4.69, 9.17) is 9.26 Å². The van der Waals surface area contributed by atoms with Crippen molar-refractivity contribution < 1.29 is 27.0 Å². The fourth-order valence-electron chi connectivity index (χ4n) is 4.53. The monoisotopic (exact) mass is 535 g/mol. The SMILES string of the molecule is CCO[P@](=O)(C[C@H](Cc1ccccc1)C(=O)OC(C)(C)C)[C@@H]1CCCN1S(=O)(=O)c1ccc(C)cc1. The predicted molar refractivity (Wildman–Crippen MR) is 142 cm³/mol. The number of nitrogens with zero attached hydrogens (tertiary/aromatic N) is 1. The number of ether oxygens (including phenoxy) is 1. The highest BCUT2D eigenvalue weighted by atomic mass is 32.2. The summed E-state index contributed by atoms with van der Waals surface area (Å²) < 4.78 is 54.5. The maximum Gasteiger partial charge on any atom is 0.310 e. The molecule has 2 aromatic carbocycles. The molecule has 0 spiro atoms. The highest BCUT2D eigenvalue weighted by Gasteiger charge is 2.48. The largest absolute Gasteiger partial charge is 0.460 e. The molecule has 0 bridgehead atoms. The van der Waals surface area contributed by atoms with Crippen molar-refractivity contribution in [1.29, 1.82) is 0 Å². The van der Waals surface area contributed by atoms with Crippen LogP contribution in [0.2, 0.25) is 0 Å². The maximum absolute atomic E-state index is 14.5. The summed E-state index contributed by atoms with van der Waals surface area (Å²) in [6, 6.07) is 16.1. The Hall–Kier alpha value is -1.99. The molecule has 0 N–H and O–H groups in total. The number of aryl methyl sites for hydroxylation is 1. The summed E-state index contributed by atoms with van der Waals surface area (Å²) >= 11 is 0. The molecular weight excluding hydrogens is 497 g/mol. The number of benzene rings is 2. The van der Waals surface area contributed by atoms with E-state index in [1.807, 2.05) is 37.3 Å². The van der Waals surface area contributed by atoms with Gasteiger partial charge in [0.15, 0.2) is 0 Å². The second-order valence-corrected chi connectivity index (χ2v) is 14.9. The van der Waals surface area contributed by atoms with Gasteiger partial charge >= 0.3 is 5.97 Å². The van der Waals surface area contributed by atoms with Gasteiger partial charge in [-0.05, 0) is 71.6 Å². The smallest absolute Gasteiger partial charge is 0.310 e. The molecule has 0 aromatic heterocycles. The van der Waals surface area contributed by atoms with E-state index in [1.165, 1.54) is 4.31 Å². The van der Waals surface area contributed by atoms with Gasteiger partial charge in [0, 0.05) is 12.7 Å². The van der Waals surface area contributed by atoms with Crippen LogP contribution in [-0.4, -0.2) is 49.4 Å². The molecule has 198 valence electrons. The van der Waals surface area contributed by atoms with Gasteiger partial charge in [-0.3, -0.25) is 9.36 Å². The van der Waals surface area contributed by atoms with Crippen LogP contribution in [0.25, 0.3) is 0 Å². The van der Waals surface area contributed by atoms with Crippen molar-refractivity contribution in [3.05, 3.63) is 65.7 Å². The second kappa shape index (κ2) is 11.6. The van der Waals surface area contributed by atoms with Gasteiger partial charge in [-0.15, -0.1) is 0 Å². The Bertz CT molecular complexity index is 1170. The van der Waals surface area contributed by atoms with Crippen molar-refractivity contribution in [2.24, 2.45) is 5.92 Å². The minimum absolute atomic E-state index is 0.0881. The third-order valence-corrected chi connectivity index (χ3v) is 11.3. The van der Waals surface area contributed by atoms with Crippen LogP contribution in [0.3, 0.4) is 0 Å². The summed E-state index contributed by atoms with van der Waals surface area (Å²) in [5.74, 6) is -2.03. The lowest BCUT2D eigenvalue weighted by atomic mass is 10.0. The average Bonchev–Trinajstić information content (AvgIpc) is 3.31. The molecule has 36 heavy (non-hydrogen) atoms. The third kappa shape index (κ3) is 7.06. The van der Waals surface area contributed by atoms with E-state index in [-0.39, 0.29) is 24.2 Å². The van der Waals surface area contributed by atoms with E-state index in [0.29, 0.717) is 19.3 Å². The molecule has 0 amide bonds. The molecular formula is C27H38NO6PS. The van der Waals surface area contributed by atoms with Gasteiger partial charge in [0.25, 0.3) is 0 Å². The Balaban J connectivity index is 1.96. The van der Waals surface area contributed by atoms with Gasteiger partial charge in [-0.1, -0.05) is 48.0 Å². The Morgan fingerprint density at radius 1 is 1.11 bits per heavy atom. The summed E-state index contributed by atoms with van der Waals surface area (Å²) in [6.45, 7) is 9.41. The number of esters is 1. The molecule has 9 heteroatoms. The molecule has 2 aromatic rings. The molecule has 0 radical (unpaired) electrons. The van der Waals surface area contributed by atoms with E-state index in [1.54, 1.807) is 52.0 Å². The van der Waals surface area contributed by atoms with Crippen molar-refractivity contribution in [3.63, 3.8) is 0 Å². The topological polar surface area (TPSA) is 90.0 Å². The maximum atomic E-state index is 14.5. The first-order valence-electron chi connectivity index (χ1n) is 12.4. The summed E-state index contributed by atoms with van der Waals surface area (Å²) in [5.41, 5.74) is 1.15. The van der Waals surface area contributed by atoms with E-state index in [2.05, 4.69) is 0 Å². The van der Waals surface area contributed by atoms with Crippen molar-refractivity contribution in [1.82, 2.24) is 4.31 Å². The summed E-state index contributed by atoms with van der Waals surface area (Å²) in [6.07, 6.45) is 1.22. The van der Waals surface area contributed by atoms with Gasteiger partial charge < -0.3 is 9.26 Å². The Kier molecular flexibility index (Phi) is 9.20. The molecule has 3 atom stereocenters. The van der Waals surface area contributed by atoms with Crippen LogP contribution in [0.15, 0.2) is 59.5 Å². The molecule has 1 saturated heterocycles. The number of carbonyl (C=O) groups is 1. The zero-order chi connectivity index (χ0) is 26.6. The molecule has 0 unspecified atom stereocenters. The standard InChI is InChI=1S/C27H38NO6PS/c1-6-33-35(30,20-23(26(29)34-27(3,4)5)19-22-11-8-7-9-12-22)25-13-10-18-28(25)36(31,32)24-16-14-21(2)15-17-24/h7-9,11-12,14-17,23,25H,6,10,13,18-20H2,1-5H3/t23-,25+,35+/m0/s1. The fourth-order valence-corrected chi connectivity index (χ4v) is 9.82. The molecule has 1 aliphatic heterocycles.